The van der Waals surface area contributed by atoms with Crippen molar-refractivity contribution < 1.29 is 17.8 Å². The van der Waals surface area contributed by atoms with Gasteiger partial charge in [-0.05, 0) is 55.2 Å². The maximum atomic E-state index is 15.3. The Balaban J connectivity index is 1.69. The van der Waals surface area contributed by atoms with Crippen LogP contribution in [0.1, 0.15) is 19.8 Å². The van der Waals surface area contributed by atoms with E-state index in [1.54, 1.807) is 42.8 Å². The zero-order chi connectivity index (χ0) is 27.2. The van der Waals surface area contributed by atoms with Gasteiger partial charge in [0.25, 0.3) is 5.91 Å². The first-order chi connectivity index (χ1) is 18.1. The number of anilines is 2. The second-order valence-corrected chi connectivity index (χ2v) is 11.9. The third-order valence-electron chi connectivity index (χ3n) is 6.54. The summed E-state index contributed by atoms with van der Waals surface area (Å²) in [4.78, 5) is 20.4. The molecule has 1 aliphatic heterocycles. The predicted octanol–water partition coefficient (Wildman–Crippen LogP) is 5.57. The number of aryl methyl sites for hydroxylation is 1. The molecule has 0 bridgehead atoms. The lowest BCUT2D eigenvalue weighted by molar-refractivity contribution is -0.112. The SMILES string of the molecule is C=C(C)C(=O)Nc1ccc(-c2c(-c3cc(F)c(N=S4(=O)CCCC4)c(F)c3)c3c(N)ncnc3n2C)cc1. The van der Waals surface area contributed by atoms with Gasteiger partial charge in [0, 0.05) is 35.4 Å². The fourth-order valence-electron chi connectivity index (χ4n) is 4.66. The molecule has 8 nitrogen and oxygen atoms in total. The molecular formula is C27H26F2N6O2S. The molecule has 0 atom stereocenters. The Bertz CT molecular complexity index is 1700. The number of hydrogen-bond acceptors (Lipinski definition) is 6. The van der Waals surface area contributed by atoms with Crippen molar-refractivity contribution in [3.63, 3.8) is 0 Å². The molecule has 1 saturated heterocycles. The molecule has 11 heteroatoms. The van der Waals surface area contributed by atoms with Crippen LogP contribution in [0, 0.1) is 11.6 Å². The molecule has 3 N–H and O–H groups in total. The maximum absolute atomic E-state index is 15.3. The number of halogens is 2. The van der Waals surface area contributed by atoms with Crippen LogP contribution in [0.25, 0.3) is 33.4 Å². The van der Waals surface area contributed by atoms with Gasteiger partial charge in [0.2, 0.25) is 0 Å². The molecule has 0 saturated carbocycles. The van der Waals surface area contributed by atoms with E-state index in [2.05, 4.69) is 26.2 Å². The van der Waals surface area contributed by atoms with Crippen molar-refractivity contribution in [3.05, 3.63) is 66.5 Å². The highest BCUT2D eigenvalue weighted by Crippen LogP contribution is 2.43. The van der Waals surface area contributed by atoms with E-state index in [-0.39, 0.29) is 17.3 Å². The second kappa shape index (κ2) is 9.64. The standard InChI is InChI=1S/C27H26F2N6O2S/c1-15(2)27(36)33-18-8-6-16(7-9-18)24-21(22-25(30)31-14-32-26(22)35(24)3)17-12-19(28)23(20(29)13-17)34-38(37)10-4-5-11-38/h6-9,12-14H,1,4-5,10-11H2,2-3H3,(H,33,36)(H2,30,31,32). The number of nitrogens with one attached hydrogen (secondary N) is 1. The minimum absolute atomic E-state index is 0.153. The number of fused-ring (bicyclic) bond motifs is 1. The second-order valence-electron chi connectivity index (χ2n) is 9.32. The van der Waals surface area contributed by atoms with Crippen molar-refractivity contribution in [2.24, 2.45) is 11.4 Å². The van der Waals surface area contributed by atoms with E-state index >= 15 is 8.78 Å². The lowest BCUT2D eigenvalue weighted by atomic mass is 9.98. The molecule has 2 aromatic heterocycles. The topological polar surface area (TPSA) is 115 Å². The number of nitrogen functional groups attached to an aromatic ring is 1. The molecule has 1 aliphatic rings. The number of aromatic nitrogens is 3. The molecule has 4 aromatic rings. The zero-order valence-corrected chi connectivity index (χ0v) is 21.7. The Kier molecular flexibility index (Phi) is 6.47. The van der Waals surface area contributed by atoms with Crippen molar-refractivity contribution >= 4 is 43.9 Å². The largest absolute Gasteiger partial charge is 0.383 e. The molecular weight excluding hydrogens is 510 g/mol. The van der Waals surface area contributed by atoms with Crippen LogP contribution in [0.15, 0.2) is 59.2 Å². The van der Waals surface area contributed by atoms with Gasteiger partial charge in [-0.2, -0.15) is 4.36 Å². The molecule has 0 radical (unpaired) electrons. The van der Waals surface area contributed by atoms with Crippen LogP contribution in [0.4, 0.5) is 26.0 Å². The van der Waals surface area contributed by atoms with Gasteiger partial charge in [0.15, 0.2) is 11.6 Å². The quantitative estimate of drug-likeness (QED) is 0.324. The van der Waals surface area contributed by atoms with Crippen LogP contribution < -0.4 is 11.1 Å². The predicted molar refractivity (Wildman–Crippen MR) is 146 cm³/mol. The van der Waals surface area contributed by atoms with Crippen molar-refractivity contribution in [2.75, 3.05) is 22.6 Å². The van der Waals surface area contributed by atoms with Crippen LogP contribution in [0.5, 0.6) is 0 Å². The van der Waals surface area contributed by atoms with E-state index in [9.17, 15) is 9.00 Å². The van der Waals surface area contributed by atoms with Crippen LogP contribution in [0.2, 0.25) is 0 Å². The third-order valence-corrected chi connectivity index (χ3v) is 8.91. The van der Waals surface area contributed by atoms with Gasteiger partial charge >= 0.3 is 0 Å². The molecule has 3 heterocycles. The van der Waals surface area contributed by atoms with Gasteiger partial charge < -0.3 is 15.6 Å². The number of amides is 1. The first-order valence-electron chi connectivity index (χ1n) is 12.0. The van der Waals surface area contributed by atoms with Crippen molar-refractivity contribution in [1.29, 1.82) is 0 Å². The van der Waals surface area contributed by atoms with Crippen LogP contribution >= 0.6 is 0 Å². The van der Waals surface area contributed by atoms with E-state index in [4.69, 9.17) is 5.73 Å². The lowest BCUT2D eigenvalue weighted by Gasteiger charge is -2.12. The Morgan fingerprint density at radius 1 is 1.11 bits per heavy atom. The summed E-state index contributed by atoms with van der Waals surface area (Å²) in [5, 5.41) is 3.19. The molecule has 2 aromatic carbocycles. The van der Waals surface area contributed by atoms with E-state index in [1.807, 2.05) is 0 Å². The third kappa shape index (κ3) is 4.53. The van der Waals surface area contributed by atoms with Gasteiger partial charge in [0.1, 0.15) is 23.5 Å². The monoisotopic (exact) mass is 536 g/mol. The average Bonchev–Trinajstić information content (AvgIpc) is 3.44. The summed E-state index contributed by atoms with van der Waals surface area (Å²) in [5.74, 6) is -1.31. The van der Waals surface area contributed by atoms with Gasteiger partial charge in [-0.3, -0.25) is 4.79 Å². The summed E-state index contributed by atoms with van der Waals surface area (Å²) >= 11 is 0. The van der Waals surface area contributed by atoms with Crippen LogP contribution in [0.3, 0.4) is 0 Å². The number of carbonyl (C=O) groups excluding carboxylic acids is 1. The molecule has 0 spiro atoms. The van der Waals surface area contributed by atoms with Crippen LogP contribution in [-0.2, 0) is 21.6 Å². The number of benzene rings is 2. The lowest BCUT2D eigenvalue weighted by Crippen LogP contribution is -2.11. The van der Waals surface area contributed by atoms with Crippen LogP contribution in [-0.4, -0.2) is 36.2 Å². The summed E-state index contributed by atoms with van der Waals surface area (Å²) in [7, 11) is -0.901. The highest BCUT2D eigenvalue weighted by molar-refractivity contribution is 7.93. The van der Waals surface area contributed by atoms with Crippen molar-refractivity contribution in [2.45, 2.75) is 19.8 Å². The number of carbonyl (C=O) groups is 1. The molecule has 1 amide bonds. The summed E-state index contributed by atoms with van der Waals surface area (Å²) in [6, 6.07) is 9.33. The zero-order valence-electron chi connectivity index (χ0n) is 20.9. The summed E-state index contributed by atoms with van der Waals surface area (Å²) < 4.78 is 49.3. The fourth-order valence-corrected chi connectivity index (χ4v) is 6.86. The van der Waals surface area contributed by atoms with Gasteiger partial charge in [0.05, 0.1) is 20.8 Å². The minimum atomic E-state index is -2.67. The van der Waals surface area contributed by atoms with E-state index in [1.165, 1.54) is 18.5 Å². The Labute approximate surface area is 218 Å². The first kappa shape index (κ1) is 25.5. The van der Waals surface area contributed by atoms with Gasteiger partial charge in [-0.25, -0.2) is 23.0 Å². The molecule has 38 heavy (non-hydrogen) atoms. The molecule has 196 valence electrons. The number of hydrogen-bond donors (Lipinski definition) is 2. The van der Waals surface area contributed by atoms with Gasteiger partial charge in [-0.1, -0.05) is 18.7 Å². The Morgan fingerprint density at radius 2 is 1.74 bits per heavy atom. The smallest absolute Gasteiger partial charge is 0.250 e. The average molecular weight is 537 g/mol. The maximum Gasteiger partial charge on any atom is 0.250 e. The number of nitrogens with zero attached hydrogens (tertiary/aromatic N) is 4. The fraction of sp³-hybridized carbons (Fsp3) is 0.222. The van der Waals surface area contributed by atoms with Crippen molar-refractivity contribution in [3.8, 4) is 22.4 Å². The summed E-state index contributed by atoms with van der Waals surface area (Å²) in [5.41, 5.74) is 9.05. The van der Waals surface area contributed by atoms with E-state index < -0.39 is 27.1 Å². The minimum Gasteiger partial charge on any atom is -0.383 e. The molecule has 5 rings (SSSR count). The van der Waals surface area contributed by atoms with Gasteiger partial charge in [-0.15, -0.1) is 0 Å². The highest BCUT2D eigenvalue weighted by Gasteiger charge is 2.25. The number of rotatable bonds is 5. The van der Waals surface area contributed by atoms with E-state index in [0.717, 1.165) is 12.8 Å². The van der Waals surface area contributed by atoms with E-state index in [0.29, 0.717) is 50.6 Å². The highest BCUT2D eigenvalue weighted by atomic mass is 32.2. The number of nitrogens with two attached hydrogens (primary N) is 1. The summed E-state index contributed by atoms with van der Waals surface area (Å²) in [6.45, 7) is 5.24. The molecule has 0 unspecified atom stereocenters. The molecule has 1 fully saturated rings. The first-order valence-corrected chi connectivity index (χ1v) is 13.8. The molecule has 0 aliphatic carbocycles. The Morgan fingerprint density at radius 3 is 2.34 bits per heavy atom. The normalized spacial score (nSPS) is 14.5. The Hall–Kier alpha value is -4.12. The van der Waals surface area contributed by atoms with Crippen molar-refractivity contribution in [1.82, 2.24) is 14.5 Å². The summed E-state index contributed by atoms with van der Waals surface area (Å²) in [6.07, 6.45) is 2.76.